The van der Waals surface area contributed by atoms with Crippen LogP contribution in [0.3, 0.4) is 0 Å². The molecular weight excluding hydrogens is 486 g/mol. The molecule has 0 radical (unpaired) electrons. The molecule has 1 aliphatic heterocycles. The molecule has 1 saturated carbocycles. The highest BCUT2D eigenvalue weighted by molar-refractivity contribution is 7.89. The zero-order valence-corrected chi connectivity index (χ0v) is 21.1. The highest BCUT2D eigenvalue weighted by Gasteiger charge is 2.45. The van der Waals surface area contributed by atoms with Crippen LogP contribution in [0.1, 0.15) is 44.1 Å². The minimum Gasteiger partial charge on any atom is -0.334 e. The van der Waals surface area contributed by atoms with Crippen molar-refractivity contribution >= 4 is 33.3 Å². The topological polar surface area (TPSA) is 115 Å². The molecule has 35 heavy (non-hydrogen) atoms. The molecule has 1 aromatic carbocycles. The van der Waals surface area contributed by atoms with Gasteiger partial charge in [-0.15, -0.1) is 11.6 Å². The maximum absolute atomic E-state index is 13.2. The predicted molar refractivity (Wildman–Crippen MR) is 134 cm³/mol. The summed E-state index contributed by atoms with van der Waals surface area (Å²) in [6.45, 7) is 0.986. The van der Waals surface area contributed by atoms with Crippen molar-refractivity contribution in [1.82, 2.24) is 14.6 Å². The molecule has 2 fully saturated rings. The predicted octanol–water partition coefficient (Wildman–Crippen LogP) is 4.50. The number of carbonyl (C=O) groups excluding carboxylic acids is 1. The van der Waals surface area contributed by atoms with Crippen LogP contribution in [-0.4, -0.2) is 42.2 Å². The quantitative estimate of drug-likeness (QED) is 0.550. The van der Waals surface area contributed by atoms with Crippen LogP contribution < -0.4 is 10.6 Å². The number of sulfonamides is 1. The van der Waals surface area contributed by atoms with E-state index in [0.717, 1.165) is 31.2 Å². The van der Waals surface area contributed by atoms with E-state index in [9.17, 15) is 18.5 Å². The van der Waals surface area contributed by atoms with Gasteiger partial charge in [0.05, 0.1) is 16.4 Å². The number of carbonyl (C=O) groups is 1. The summed E-state index contributed by atoms with van der Waals surface area (Å²) < 4.78 is 27.9. The number of hydrogen-bond acceptors (Lipinski definition) is 5. The Balaban J connectivity index is 1.33. The third-order valence-electron chi connectivity index (χ3n) is 7.20. The van der Waals surface area contributed by atoms with Crippen molar-refractivity contribution in [2.75, 3.05) is 18.4 Å². The molecule has 186 valence electrons. The number of rotatable bonds is 6. The number of halogens is 1. The molecule has 1 saturated heterocycles. The minimum atomic E-state index is -3.68. The maximum Gasteiger partial charge on any atom is 0.319 e. The Kier molecular flexibility index (Phi) is 7.95. The molecule has 1 aromatic heterocycles. The van der Waals surface area contributed by atoms with Crippen molar-refractivity contribution in [3.63, 3.8) is 0 Å². The molecule has 0 bridgehead atoms. The first kappa shape index (κ1) is 25.4. The number of urea groups is 1. The molecule has 2 heterocycles. The number of piperidine rings is 1. The van der Waals surface area contributed by atoms with Crippen LogP contribution in [0.15, 0.2) is 53.7 Å². The molecule has 4 rings (SSSR count). The number of nitrogens with one attached hydrogen (secondary N) is 2. The smallest absolute Gasteiger partial charge is 0.319 e. The molecule has 0 spiro atoms. The molecule has 10 heteroatoms. The highest BCUT2D eigenvalue weighted by Crippen LogP contribution is 2.46. The number of aromatic nitrogens is 1. The Morgan fingerprint density at radius 1 is 1.14 bits per heavy atom. The van der Waals surface area contributed by atoms with E-state index in [1.54, 1.807) is 30.6 Å². The van der Waals surface area contributed by atoms with Crippen LogP contribution in [0, 0.1) is 22.7 Å². The number of alkyl halides is 1. The second kappa shape index (κ2) is 10.9. The van der Waals surface area contributed by atoms with Crippen LogP contribution in [0.2, 0.25) is 0 Å². The minimum absolute atomic E-state index is 0.172. The fourth-order valence-corrected chi connectivity index (χ4v) is 6.76. The van der Waals surface area contributed by atoms with Crippen LogP contribution in [0.5, 0.6) is 0 Å². The molecule has 2 N–H and O–H groups in total. The Bertz CT molecular complexity index is 1150. The molecular formula is C25H30ClN5O3S. The first-order valence-corrected chi connectivity index (χ1v) is 13.8. The van der Waals surface area contributed by atoms with E-state index < -0.39 is 21.5 Å². The van der Waals surface area contributed by atoms with Gasteiger partial charge in [-0.3, -0.25) is 4.98 Å². The van der Waals surface area contributed by atoms with Gasteiger partial charge in [0, 0.05) is 43.1 Å². The van der Waals surface area contributed by atoms with E-state index in [1.807, 2.05) is 6.07 Å². The molecule has 0 unspecified atom stereocenters. The lowest BCUT2D eigenvalue weighted by Crippen LogP contribution is -2.46. The summed E-state index contributed by atoms with van der Waals surface area (Å²) in [5.74, 6) is 0.280. The molecule has 2 aliphatic rings. The Labute approximate surface area is 211 Å². The monoisotopic (exact) mass is 515 g/mol. The van der Waals surface area contributed by atoms with Gasteiger partial charge in [-0.05, 0) is 80.3 Å². The van der Waals surface area contributed by atoms with E-state index in [4.69, 9.17) is 11.6 Å². The number of amides is 2. The fraction of sp³-hybridized carbons (Fsp3) is 0.480. The molecule has 1 aliphatic carbocycles. The lowest BCUT2D eigenvalue weighted by molar-refractivity contribution is 0.108. The lowest BCUT2D eigenvalue weighted by Gasteiger charge is -2.43. The van der Waals surface area contributed by atoms with Gasteiger partial charge in [0.1, 0.15) is 0 Å². The summed E-state index contributed by atoms with van der Waals surface area (Å²) in [4.78, 5) is 16.3. The lowest BCUT2D eigenvalue weighted by atomic mass is 9.65. The number of hydrogen-bond donors (Lipinski definition) is 2. The summed E-state index contributed by atoms with van der Waals surface area (Å²) in [6.07, 6.45) is 8.10. The first-order chi connectivity index (χ1) is 16.8. The van der Waals surface area contributed by atoms with Crippen molar-refractivity contribution in [2.24, 2.45) is 11.3 Å². The van der Waals surface area contributed by atoms with Crippen molar-refractivity contribution in [1.29, 1.82) is 5.26 Å². The Morgan fingerprint density at radius 3 is 2.43 bits per heavy atom. The fourth-order valence-electron chi connectivity index (χ4n) is 5.06. The summed E-state index contributed by atoms with van der Waals surface area (Å²) in [5, 5.41) is 15.6. The number of pyridine rings is 1. The van der Waals surface area contributed by atoms with E-state index in [2.05, 4.69) is 21.7 Å². The van der Waals surface area contributed by atoms with Gasteiger partial charge in [0.15, 0.2) is 0 Å². The largest absolute Gasteiger partial charge is 0.334 e. The molecule has 8 nitrogen and oxygen atoms in total. The average molecular weight is 516 g/mol. The number of nitrogens with zero attached hydrogens (tertiary/aromatic N) is 3. The van der Waals surface area contributed by atoms with Crippen molar-refractivity contribution in [3.05, 3.63) is 54.4 Å². The third kappa shape index (κ3) is 5.95. The van der Waals surface area contributed by atoms with Crippen LogP contribution in [0.4, 0.5) is 10.5 Å². The van der Waals surface area contributed by atoms with E-state index in [1.165, 1.54) is 16.4 Å². The van der Waals surface area contributed by atoms with Crippen LogP contribution in [-0.2, 0) is 16.6 Å². The molecule has 2 amide bonds. The van der Waals surface area contributed by atoms with E-state index in [0.29, 0.717) is 38.2 Å². The van der Waals surface area contributed by atoms with E-state index >= 15 is 0 Å². The SMILES string of the molecule is N#CC1(C2CCC(Cl)CC2)CCN(S(=O)(=O)c2ccc(NC(=O)NCc3cccnc3)cc2)CC1. The van der Waals surface area contributed by atoms with Gasteiger partial charge >= 0.3 is 6.03 Å². The average Bonchev–Trinajstić information content (AvgIpc) is 2.89. The standard InChI is InChI=1S/C25H30ClN5O3S/c26-21-5-3-20(4-6-21)25(18-27)11-14-31(15-12-25)35(33,34)23-9-7-22(8-10-23)30-24(32)29-17-19-2-1-13-28-16-19/h1-2,7-10,13,16,20-21H,3-6,11-12,14-15,17H2,(H2,29,30,32). The Hall–Kier alpha value is -2.67. The summed E-state index contributed by atoms with van der Waals surface area (Å²) >= 11 is 6.24. The van der Waals surface area contributed by atoms with Gasteiger partial charge in [-0.25, -0.2) is 13.2 Å². The van der Waals surface area contributed by atoms with Crippen LogP contribution in [0.25, 0.3) is 0 Å². The van der Waals surface area contributed by atoms with Gasteiger partial charge in [0.25, 0.3) is 0 Å². The molecule has 0 atom stereocenters. The zero-order valence-electron chi connectivity index (χ0n) is 19.5. The summed E-state index contributed by atoms with van der Waals surface area (Å²) in [5.41, 5.74) is 0.891. The van der Waals surface area contributed by atoms with E-state index in [-0.39, 0.29) is 16.2 Å². The van der Waals surface area contributed by atoms with Crippen molar-refractivity contribution < 1.29 is 13.2 Å². The number of nitriles is 1. The Morgan fingerprint density at radius 2 is 1.83 bits per heavy atom. The van der Waals surface area contributed by atoms with Crippen molar-refractivity contribution in [3.8, 4) is 6.07 Å². The van der Waals surface area contributed by atoms with Gasteiger partial charge in [-0.2, -0.15) is 9.57 Å². The van der Waals surface area contributed by atoms with Gasteiger partial charge in [0.2, 0.25) is 10.0 Å². The number of benzene rings is 1. The van der Waals surface area contributed by atoms with Crippen molar-refractivity contribution in [2.45, 2.75) is 55.3 Å². The second-order valence-corrected chi connectivity index (χ2v) is 11.9. The van der Waals surface area contributed by atoms with Gasteiger partial charge < -0.3 is 10.6 Å². The highest BCUT2D eigenvalue weighted by atomic mass is 35.5. The van der Waals surface area contributed by atoms with Crippen LogP contribution >= 0.6 is 11.6 Å². The maximum atomic E-state index is 13.2. The normalized spacial score (nSPS) is 22.6. The second-order valence-electron chi connectivity index (χ2n) is 9.31. The van der Waals surface area contributed by atoms with Gasteiger partial charge in [-0.1, -0.05) is 6.07 Å². The first-order valence-electron chi connectivity index (χ1n) is 11.9. The summed E-state index contributed by atoms with van der Waals surface area (Å²) in [7, 11) is -3.68. The summed E-state index contributed by atoms with van der Waals surface area (Å²) in [6, 6.07) is 12.0. The third-order valence-corrected chi connectivity index (χ3v) is 9.55. The number of anilines is 1. The zero-order chi connectivity index (χ0) is 24.9. The molecule has 2 aromatic rings.